The Balaban J connectivity index is 0.000000627. The van der Waals surface area contributed by atoms with Gasteiger partial charge in [-0.2, -0.15) is 0 Å². The molecule has 0 atom stereocenters. The molecule has 0 saturated carbocycles. The van der Waals surface area contributed by atoms with Crippen molar-refractivity contribution in [3.05, 3.63) is 69.0 Å². The van der Waals surface area contributed by atoms with Crippen LogP contribution in [0, 0.1) is 13.8 Å². The number of aromatic nitrogens is 1. The second-order valence-corrected chi connectivity index (χ2v) is 8.50. The van der Waals surface area contributed by atoms with Gasteiger partial charge in [-0.15, -0.1) is 0 Å². The number of pyridine rings is 1. The van der Waals surface area contributed by atoms with E-state index in [9.17, 15) is 4.79 Å². The van der Waals surface area contributed by atoms with Gasteiger partial charge in [0.2, 0.25) is 0 Å². The molecule has 0 bridgehead atoms. The first kappa shape index (κ1) is 31.0. The third-order valence-electron chi connectivity index (χ3n) is 4.64. The Bertz CT molecular complexity index is 806. The zero-order valence-corrected chi connectivity index (χ0v) is 23.5. The third kappa shape index (κ3) is 12.7. The van der Waals surface area contributed by atoms with Crippen LogP contribution in [0.2, 0.25) is 0 Å². The van der Waals surface area contributed by atoms with Crippen LogP contribution in [0.15, 0.2) is 46.6 Å². The number of rotatable bonds is 9. The van der Waals surface area contributed by atoms with Gasteiger partial charge < -0.3 is 4.74 Å². The van der Waals surface area contributed by atoms with E-state index >= 15 is 0 Å². The van der Waals surface area contributed by atoms with Crippen molar-refractivity contribution in [1.82, 2.24) is 9.88 Å². The fourth-order valence-electron chi connectivity index (χ4n) is 3.17. The van der Waals surface area contributed by atoms with Crippen molar-refractivity contribution in [3.8, 4) is 0 Å². The number of nitrogens with zero attached hydrogens (tertiary/aromatic N) is 2. The van der Waals surface area contributed by atoms with E-state index in [1.54, 1.807) is 19.1 Å². The molecular formula is C28H43BrN2O2. The highest BCUT2D eigenvalue weighted by molar-refractivity contribution is 9.10. The molecular weight excluding hydrogens is 476 g/mol. The molecule has 0 aliphatic carbocycles. The molecule has 5 heteroatoms. The number of benzene rings is 1. The zero-order chi connectivity index (χ0) is 25.2. The number of halogens is 1. The first-order valence-electron chi connectivity index (χ1n) is 12.1. The summed E-state index contributed by atoms with van der Waals surface area (Å²) in [5, 5.41) is 0. The van der Waals surface area contributed by atoms with Gasteiger partial charge in [0.05, 0.1) is 12.2 Å². The van der Waals surface area contributed by atoms with Crippen LogP contribution in [0.5, 0.6) is 0 Å². The molecule has 4 nitrogen and oxygen atoms in total. The van der Waals surface area contributed by atoms with Gasteiger partial charge in [0.1, 0.15) is 0 Å². The molecule has 0 radical (unpaired) electrons. The summed E-state index contributed by atoms with van der Waals surface area (Å²) in [6.45, 7) is 20.3. The molecule has 1 heterocycles. The molecule has 0 N–H and O–H groups in total. The van der Waals surface area contributed by atoms with Crippen LogP contribution in [0.1, 0.15) is 81.6 Å². The number of hydrogen-bond donors (Lipinski definition) is 0. The average molecular weight is 520 g/mol. The molecule has 0 unspecified atom stereocenters. The number of ether oxygens (including phenoxy) is 1. The second kappa shape index (κ2) is 18.4. The lowest BCUT2D eigenvalue weighted by molar-refractivity contribution is 0.0526. The summed E-state index contributed by atoms with van der Waals surface area (Å²) in [6.07, 6.45) is 6.52. The maximum absolute atomic E-state index is 11.1. The maximum Gasteiger partial charge on any atom is 0.338 e. The van der Waals surface area contributed by atoms with Crippen molar-refractivity contribution in [2.24, 2.45) is 0 Å². The summed E-state index contributed by atoms with van der Waals surface area (Å²) < 4.78 is 5.95. The van der Waals surface area contributed by atoms with E-state index in [0.717, 1.165) is 22.3 Å². The normalized spacial score (nSPS) is 10.7. The van der Waals surface area contributed by atoms with E-state index in [1.165, 1.54) is 37.1 Å². The molecule has 0 aliphatic rings. The summed E-state index contributed by atoms with van der Waals surface area (Å²) in [7, 11) is 0. The summed E-state index contributed by atoms with van der Waals surface area (Å²) in [5.74, 6) is -0.252. The van der Waals surface area contributed by atoms with E-state index in [4.69, 9.17) is 4.74 Å². The van der Waals surface area contributed by atoms with Crippen molar-refractivity contribution < 1.29 is 9.53 Å². The first-order valence-corrected chi connectivity index (χ1v) is 12.9. The number of esters is 1. The van der Waals surface area contributed by atoms with Crippen molar-refractivity contribution in [2.75, 3.05) is 26.2 Å². The van der Waals surface area contributed by atoms with Gasteiger partial charge in [0, 0.05) is 28.5 Å². The van der Waals surface area contributed by atoms with Crippen LogP contribution in [0.4, 0.5) is 0 Å². The standard InChI is InChI=1S/C16H25BrN2.C10H12O2.C2H6/c1-5-9-19(10-6-2)12-13(3)11-15-14(4)18-8-7-16(15)17;1-3-12-10(11)9-6-4-8(2)5-7-9;1-2/h7-8,11H,5-6,9-10,12H2,1-4H3;4-7H,3H2,1-2H3;1-2H3/b13-11+;;. The fourth-order valence-corrected chi connectivity index (χ4v) is 3.69. The molecule has 33 heavy (non-hydrogen) atoms. The Morgan fingerprint density at radius 2 is 1.61 bits per heavy atom. The molecule has 1 aromatic carbocycles. The number of hydrogen-bond acceptors (Lipinski definition) is 4. The Morgan fingerprint density at radius 1 is 1.03 bits per heavy atom. The number of carbonyl (C=O) groups excluding carboxylic acids is 1. The van der Waals surface area contributed by atoms with Gasteiger partial charge in [-0.05, 0) is 71.8 Å². The predicted molar refractivity (Wildman–Crippen MR) is 146 cm³/mol. The van der Waals surface area contributed by atoms with E-state index in [-0.39, 0.29) is 5.97 Å². The number of carbonyl (C=O) groups is 1. The largest absolute Gasteiger partial charge is 0.462 e. The highest BCUT2D eigenvalue weighted by Crippen LogP contribution is 2.21. The van der Waals surface area contributed by atoms with Gasteiger partial charge >= 0.3 is 5.97 Å². The van der Waals surface area contributed by atoms with E-state index < -0.39 is 0 Å². The van der Waals surface area contributed by atoms with Crippen LogP contribution >= 0.6 is 15.9 Å². The monoisotopic (exact) mass is 518 g/mol. The van der Waals surface area contributed by atoms with Crippen molar-refractivity contribution in [1.29, 1.82) is 0 Å². The van der Waals surface area contributed by atoms with Gasteiger partial charge in [0.15, 0.2) is 0 Å². The fraction of sp³-hybridized carbons (Fsp3) is 0.500. The summed E-state index contributed by atoms with van der Waals surface area (Å²) in [4.78, 5) is 18.0. The van der Waals surface area contributed by atoms with Gasteiger partial charge in [-0.1, -0.05) is 73.0 Å². The summed E-state index contributed by atoms with van der Waals surface area (Å²) in [5.41, 5.74) is 5.42. The van der Waals surface area contributed by atoms with Crippen molar-refractivity contribution in [3.63, 3.8) is 0 Å². The first-order chi connectivity index (χ1) is 15.8. The van der Waals surface area contributed by atoms with Crippen molar-refractivity contribution in [2.45, 2.75) is 68.2 Å². The van der Waals surface area contributed by atoms with Crippen LogP contribution < -0.4 is 0 Å². The van der Waals surface area contributed by atoms with Crippen LogP contribution in [-0.2, 0) is 4.74 Å². The number of aryl methyl sites for hydroxylation is 2. The highest BCUT2D eigenvalue weighted by atomic mass is 79.9. The van der Waals surface area contributed by atoms with E-state index in [2.05, 4.69) is 59.6 Å². The molecule has 2 rings (SSSR count). The molecule has 1 aromatic heterocycles. The lowest BCUT2D eigenvalue weighted by atomic mass is 10.1. The van der Waals surface area contributed by atoms with Crippen LogP contribution in [0.25, 0.3) is 6.08 Å². The second-order valence-electron chi connectivity index (χ2n) is 7.65. The Hall–Kier alpha value is -1.98. The quantitative estimate of drug-likeness (QED) is 0.316. The third-order valence-corrected chi connectivity index (χ3v) is 5.33. The van der Waals surface area contributed by atoms with Gasteiger partial charge in [0.25, 0.3) is 0 Å². The topological polar surface area (TPSA) is 42.4 Å². The lowest BCUT2D eigenvalue weighted by Crippen LogP contribution is -2.27. The van der Waals surface area contributed by atoms with E-state index in [0.29, 0.717) is 12.2 Å². The van der Waals surface area contributed by atoms with E-state index in [1.807, 2.05) is 45.2 Å². The van der Waals surface area contributed by atoms with Crippen LogP contribution in [-0.4, -0.2) is 42.1 Å². The smallest absolute Gasteiger partial charge is 0.338 e. The SMILES string of the molecule is CC.CCCN(CCC)C/C(C)=C/c1c(Br)ccnc1C.CCOC(=O)c1ccc(C)cc1. The maximum atomic E-state index is 11.1. The molecule has 0 saturated heterocycles. The summed E-state index contributed by atoms with van der Waals surface area (Å²) >= 11 is 3.61. The van der Waals surface area contributed by atoms with Crippen molar-refractivity contribution >= 4 is 28.0 Å². The minimum atomic E-state index is -0.252. The minimum absolute atomic E-state index is 0.252. The Labute approximate surface area is 210 Å². The average Bonchev–Trinajstić information content (AvgIpc) is 2.79. The molecule has 0 fully saturated rings. The van der Waals surface area contributed by atoms with Gasteiger partial charge in [-0.3, -0.25) is 9.88 Å². The minimum Gasteiger partial charge on any atom is -0.462 e. The molecule has 184 valence electrons. The van der Waals surface area contributed by atoms with Crippen LogP contribution in [0.3, 0.4) is 0 Å². The molecule has 0 aliphatic heterocycles. The van der Waals surface area contributed by atoms with Gasteiger partial charge in [-0.25, -0.2) is 4.79 Å². The predicted octanol–water partition coefficient (Wildman–Crippen LogP) is 7.88. The molecule has 2 aromatic rings. The molecule has 0 spiro atoms. The Kier molecular flexibility index (Phi) is 17.3. The highest BCUT2D eigenvalue weighted by Gasteiger charge is 2.06. The summed E-state index contributed by atoms with van der Waals surface area (Å²) in [6, 6.07) is 9.33. The Morgan fingerprint density at radius 3 is 2.09 bits per heavy atom. The zero-order valence-electron chi connectivity index (χ0n) is 21.9. The molecule has 0 amide bonds. The lowest BCUT2D eigenvalue weighted by Gasteiger charge is -2.21.